The summed E-state index contributed by atoms with van der Waals surface area (Å²) >= 11 is 3.33. The van der Waals surface area contributed by atoms with Crippen LogP contribution in [-0.2, 0) is 4.79 Å². The average Bonchev–Trinajstić information content (AvgIpc) is 2.44. The second-order valence-corrected chi connectivity index (χ2v) is 4.67. The summed E-state index contributed by atoms with van der Waals surface area (Å²) in [6.45, 7) is 6.10. The van der Waals surface area contributed by atoms with Crippen molar-refractivity contribution in [3.63, 3.8) is 0 Å². The number of hydrogen-bond acceptors (Lipinski definition) is 5. The van der Waals surface area contributed by atoms with Crippen LogP contribution in [0.1, 0.15) is 12.5 Å². The maximum Gasteiger partial charge on any atom is 0.175 e. The van der Waals surface area contributed by atoms with E-state index < -0.39 is 11.5 Å². The Morgan fingerprint density at radius 3 is 2.76 bits per heavy atom. The fraction of sp³-hybridized carbons (Fsp3) is 0.200. The number of halogens is 1. The molecule has 0 fully saturated rings. The molecule has 21 heavy (non-hydrogen) atoms. The highest BCUT2D eigenvalue weighted by Crippen LogP contribution is 2.37. The Kier molecular flexibility index (Phi) is 6.50. The normalized spacial score (nSPS) is 10.6. The topological polar surface area (TPSA) is 82.4 Å². The van der Waals surface area contributed by atoms with Crippen LogP contribution in [0.2, 0.25) is 0 Å². The maximum absolute atomic E-state index is 10.8. The van der Waals surface area contributed by atoms with Gasteiger partial charge >= 0.3 is 0 Å². The van der Waals surface area contributed by atoms with Crippen molar-refractivity contribution in [2.45, 2.75) is 6.92 Å². The molecule has 0 bridgehead atoms. The van der Waals surface area contributed by atoms with Crippen LogP contribution in [0.4, 0.5) is 0 Å². The molecule has 0 aliphatic carbocycles. The van der Waals surface area contributed by atoms with E-state index in [4.69, 9.17) is 14.7 Å². The highest BCUT2D eigenvalue weighted by Gasteiger charge is 2.12. The third-order valence-corrected chi connectivity index (χ3v) is 2.92. The molecular formula is C15H13BrNO4-. The zero-order valence-electron chi connectivity index (χ0n) is 11.4. The molecule has 0 unspecified atom stereocenters. The highest BCUT2D eigenvalue weighted by atomic mass is 79.9. The Hall–Kier alpha value is -2.26. The Morgan fingerprint density at radius 1 is 1.52 bits per heavy atom. The summed E-state index contributed by atoms with van der Waals surface area (Å²) in [6.07, 6.45) is 2.81. The average molecular weight is 351 g/mol. The van der Waals surface area contributed by atoms with E-state index in [0.29, 0.717) is 34.7 Å². The second-order valence-electron chi connectivity index (χ2n) is 3.82. The third kappa shape index (κ3) is 4.65. The molecule has 6 heteroatoms. The van der Waals surface area contributed by atoms with Gasteiger partial charge in [-0.15, -0.1) is 0 Å². The lowest BCUT2D eigenvalue weighted by Gasteiger charge is -2.14. The van der Waals surface area contributed by atoms with Gasteiger partial charge in [-0.1, -0.05) is 12.7 Å². The van der Waals surface area contributed by atoms with Crippen molar-refractivity contribution >= 4 is 28.0 Å². The summed E-state index contributed by atoms with van der Waals surface area (Å²) in [5, 5.41) is 19.5. The first kappa shape index (κ1) is 16.8. The van der Waals surface area contributed by atoms with E-state index in [1.807, 2.05) is 6.92 Å². The summed E-state index contributed by atoms with van der Waals surface area (Å²) in [4.78, 5) is 10.8. The number of hydrogen-bond donors (Lipinski definition) is 0. The molecular weight excluding hydrogens is 338 g/mol. The third-order valence-electron chi connectivity index (χ3n) is 2.33. The minimum atomic E-state index is -1.53. The van der Waals surface area contributed by atoms with E-state index in [1.165, 1.54) is 6.08 Å². The van der Waals surface area contributed by atoms with E-state index in [-0.39, 0.29) is 0 Å². The number of benzene rings is 1. The van der Waals surface area contributed by atoms with Gasteiger partial charge in [-0.25, -0.2) is 0 Å². The van der Waals surface area contributed by atoms with Gasteiger partial charge in [0, 0.05) is 0 Å². The number of carboxylic acid groups (broad SMARTS) is 1. The number of carbonyl (C=O) groups is 1. The van der Waals surface area contributed by atoms with Gasteiger partial charge in [0.1, 0.15) is 12.7 Å². The smallest absolute Gasteiger partial charge is 0.175 e. The molecule has 0 amide bonds. The van der Waals surface area contributed by atoms with Crippen molar-refractivity contribution in [2.75, 3.05) is 13.2 Å². The Bertz CT molecular complexity index is 617. The Morgan fingerprint density at radius 2 is 2.24 bits per heavy atom. The summed E-state index contributed by atoms with van der Waals surface area (Å²) in [7, 11) is 0. The highest BCUT2D eigenvalue weighted by molar-refractivity contribution is 9.10. The molecule has 0 N–H and O–H groups in total. The second kappa shape index (κ2) is 8.12. The molecule has 0 saturated carbocycles. The summed E-state index contributed by atoms with van der Waals surface area (Å²) in [5.41, 5.74) is 0.0149. The van der Waals surface area contributed by atoms with Gasteiger partial charge < -0.3 is 19.4 Å². The number of rotatable bonds is 7. The van der Waals surface area contributed by atoms with Gasteiger partial charge in [-0.3, -0.25) is 0 Å². The molecule has 5 nitrogen and oxygen atoms in total. The van der Waals surface area contributed by atoms with E-state index in [9.17, 15) is 9.90 Å². The monoisotopic (exact) mass is 350 g/mol. The van der Waals surface area contributed by atoms with Crippen LogP contribution in [0.5, 0.6) is 11.5 Å². The van der Waals surface area contributed by atoms with Crippen molar-refractivity contribution in [3.05, 3.63) is 40.4 Å². The van der Waals surface area contributed by atoms with Gasteiger partial charge in [0.15, 0.2) is 11.5 Å². The lowest BCUT2D eigenvalue weighted by atomic mass is 10.1. The lowest BCUT2D eigenvalue weighted by molar-refractivity contribution is -0.298. The molecule has 0 spiro atoms. The predicted octanol–water partition coefficient (Wildman–Crippen LogP) is 2.07. The molecule has 0 aliphatic rings. The van der Waals surface area contributed by atoms with Crippen LogP contribution >= 0.6 is 15.9 Å². The van der Waals surface area contributed by atoms with Gasteiger partial charge in [0.2, 0.25) is 0 Å². The van der Waals surface area contributed by atoms with E-state index in [1.54, 1.807) is 24.3 Å². The quantitative estimate of drug-likeness (QED) is 0.427. The van der Waals surface area contributed by atoms with Gasteiger partial charge in [0.25, 0.3) is 0 Å². The zero-order chi connectivity index (χ0) is 15.8. The molecule has 1 rings (SSSR count). The minimum Gasteiger partial charge on any atom is -0.544 e. The van der Waals surface area contributed by atoms with Crippen molar-refractivity contribution in [1.29, 1.82) is 5.26 Å². The van der Waals surface area contributed by atoms with E-state index in [0.717, 1.165) is 0 Å². The number of carboxylic acids is 1. The fourth-order valence-corrected chi connectivity index (χ4v) is 2.09. The molecule has 0 aliphatic heterocycles. The minimum absolute atomic E-state index is 0.302. The summed E-state index contributed by atoms with van der Waals surface area (Å²) < 4.78 is 11.5. The van der Waals surface area contributed by atoms with Crippen LogP contribution in [0.25, 0.3) is 6.08 Å². The molecule has 0 aromatic heterocycles. The fourth-order valence-electron chi connectivity index (χ4n) is 1.52. The van der Waals surface area contributed by atoms with E-state index >= 15 is 0 Å². The van der Waals surface area contributed by atoms with Gasteiger partial charge in [-0.05, 0) is 46.6 Å². The summed E-state index contributed by atoms with van der Waals surface area (Å²) in [5.74, 6) is -0.602. The summed E-state index contributed by atoms with van der Waals surface area (Å²) in [6, 6.07) is 4.78. The largest absolute Gasteiger partial charge is 0.544 e. The molecule has 0 radical (unpaired) electrons. The van der Waals surface area contributed by atoms with Crippen molar-refractivity contribution in [2.24, 2.45) is 0 Å². The zero-order valence-corrected chi connectivity index (χ0v) is 13.0. The molecule has 0 saturated heterocycles. The Labute approximate surface area is 131 Å². The van der Waals surface area contributed by atoms with Crippen molar-refractivity contribution in [1.82, 2.24) is 0 Å². The maximum atomic E-state index is 10.8. The van der Waals surface area contributed by atoms with Crippen molar-refractivity contribution in [3.8, 4) is 17.6 Å². The molecule has 0 heterocycles. The number of nitrogens with zero attached hydrogens (tertiary/aromatic N) is 1. The van der Waals surface area contributed by atoms with Crippen LogP contribution in [0, 0.1) is 11.3 Å². The molecule has 110 valence electrons. The first-order valence-electron chi connectivity index (χ1n) is 6.06. The number of ether oxygens (including phenoxy) is 2. The molecule has 1 aromatic rings. The molecule has 0 atom stereocenters. The standard InChI is InChI=1S/C15H14BrNO4/c1-3-5-21-14-12(16)7-10(8-13(14)20-4-2)6-11(9-17)15(18)19/h3,6-8H,1,4-5H2,2H3,(H,18,19)/p-1/b11-6+. The number of nitriles is 1. The predicted molar refractivity (Wildman–Crippen MR) is 79.6 cm³/mol. The Balaban J connectivity index is 3.29. The number of carbonyl (C=O) groups excluding carboxylic acids is 1. The SMILES string of the molecule is C=CCOc1c(Br)cc(/C=C(\C#N)C(=O)[O-])cc1OCC. The first-order valence-corrected chi connectivity index (χ1v) is 6.86. The lowest BCUT2D eigenvalue weighted by Crippen LogP contribution is -2.23. The number of aliphatic carboxylic acids is 1. The van der Waals surface area contributed by atoms with Gasteiger partial charge in [-0.2, -0.15) is 5.26 Å². The van der Waals surface area contributed by atoms with Crippen LogP contribution in [-0.4, -0.2) is 19.2 Å². The molecule has 1 aromatic carbocycles. The van der Waals surface area contributed by atoms with Gasteiger partial charge in [0.05, 0.1) is 22.6 Å². The van der Waals surface area contributed by atoms with Crippen LogP contribution in [0.3, 0.4) is 0 Å². The first-order chi connectivity index (χ1) is 10.0. The van der Waals surface area contributed by atoms with Crippen LogP contribution < -0.4 is 14.6 Å². The van der Waals surface area contributed by atoms with Crippen molar-refractivity contribution < 1.29 is 19.4 Å². The van der Waals surface area contributed by atoms with E-state index in [2.05, 4.69) is 22.5 Å². The van der Waals surface area contributed by atoms with Crippen LogP contribution in [0.15, 0.2) is 34.8 Å².